The van der Waals surface area contributed by atoms with Crippen LogP contribution in [0.3, 0.4) is 0 Å². The zero-order valence-electron chi connectivity index (χ0n) is 17.0. The molecule has 0 aromatic heterocycles. The molecule has 7 heteroatoms. The zero-order chi connectivity index (χ0) is 21.2. The van der Waals surface area contributed by atoms with Gasteiger partial charge in [0.25, 0.3) is 11.8 Å². The molecule has 6 nitrogen and oxygen atoms in total. The lowest BCUT2D eigenvalue weighted by Crippen LogP contribution is -2.34. The molecular weight excluding hydrogens is 392 g/mol. The van der Waals surface area contributed by atoms with Crippen molar-refractivity contribution in [2.45, 2.75) is 27.2 Å². The summed E-state index contributed by atoms with van der Waals surface area (Å²) in [6.45, 7) is 6.96. The maximum atomic E-state index is 12.1. The van der Waals surface area contributed by atoms with Crippen molar-refractivity contribution in [3.8, 4) is 11.5 Å². The number of carbonyl (C=O) groups excluding carboxylic acids is 2. The maximum absolute atomic E-state index is 12.1. The number of nitrogens with zero attached hydrogens (tertiary/aromatic N) is 1. The molecule has 2 amide bonds. The van der Waals surface area contributed by atoms with E-state index in [-0.39, 0.29) is 25.0 Å². The van der Waals surface area contributed by atoms with Crippen LogP contribution < -0.4 is 14.8 Å². The van der Waals surface area contributed by atoms with E-state index < -0.39 is 0 Å². The Morgan fingerprint density at radius 2 is 1.66 bits per heavy atom. The minimum Gasteiger partial charge on any atom is -0.484 e. The second kappa shape index (κ2) is 11.3. The number of carbonyl (C=O) groups is 2. The molecular formula is C22H27ClN2O4. The summed E-state index contributed by atoms with van der Waals surface area (Å²) < 4.78 is 11.0. The molecule has 0 aliphatic rings. The first-order valence-corrected chi connectivity index (χ1v) is 10.1. The molecule has 0 spiro atoms. The Morgan fingerprint density at radius 1 is 0.966 bits per heavy atom. The Morgan fingerprint density at radius 3 is 2.24 bits per heavy atom. The van der Waals surface area contributed by atoms with Gasteiger partial charge in [0.1, 0.15) is 11.5 Å². The summed E-state index contributed by atoms with van der Waals surface area (Å²) in [4.78, 5) is 25.8. The van der Waals surface area contributed by atoms with Gasteiger partial charge in [0.2, 0.25) is 0 Å². The molecule has 0 unspecified atom stereocenters. The summed E-state index contributed by atoms with van der Waals surface area (Å²) in [5, 5.41) is 3.04. The highest BCUT2D eigenvalue weighted by molar-refractivity contribution is 6.32. The highest BCUT2D eigenvalue weighted by Gasteiger charge is 2.12. The van der Waals surface area contributed by atoms with E-state index in [1.165, 1.54) is 5.56 Å². The predicted molar refractivity (Wildman–Crippen MR) is 115 cm³/mol. The SMILES string of the molecule is CCc1ccc(OCC(=O)Nc2ccc(OCC(=O)N(CC)CC)c(Cl)c2)cc1. The molecule has 0 atom stereocenters. The van der Waals surface area contributed by atoms with Crippen molar-refractivity contribution in [1.82, 2.24) is 4.90 Å². The summed E-state index contributed by atoms with van der Waals surface area (Å²) in [7, 11) is 0. The van der Waals surface area contributed by atoms with Crippen LogP contribution in [-0.4, -0.2) is 43.0 Å². The zero-order valence-corrected chi connectivity index (χ0v) is 17.8. The first-order valence-electron chi connectivity index (χ1n) is 9.68. The molecule has 29 heavy (non-hydrogen) atoms. The average molecular weight is 419 g/mol. The molecule has 0 bridgehead atoms. The fourth-order valence-electron chi connectivity index (χ4n) is 2.67. The van der Waals surface area contributed by atoms with E-state index in [2.05, 4.69) is 12.2 Å². The van der Waals surface area contributed by atoms with Gasteiger partial charge in [-0.3, -0.25) is 9.59 Å². The van der Waals surface area contributed by atoms with E-state index >= 15 is 0 Å². The molecule has 0 heterocycles. The van der Waals surface area contributed by atoms with Crippen LogP contribution in [0.15, 0.2) is 42.5 Å². The average Bonchev–Trinajstić information content (AvgIpc) is 2.73. The number of anilines is 1. The van der Waals surface area contributed by atoms with Crippen molar-refractivity contribution in [3.05, 3.63) is 53.1 Å². The highest BCUT2D eigenvalue weighted by atomic mass is 35.5. The Hall–Kier alpha value is -2.73. The molecule has 0 saturated heterocycles. The molecule has 2 rings (SSSR count). The van der Waals surface area contributed by atoms with Crippen molar-refractivity contribution in [2.24, 2.45) is 0 Å². The van der Waals surface area contributed by atoms with Crippen LogP contribution in [0.4, 0.5) is 5.69 Å². The monoisotopic (exact) mass is 418 g/mol. The fraction of sp³-hybridized carbons (Fsp3) is 0.364. The maximum Gasteiger partial charge on any atom is 0.262 e. The Labute approximate surface area is 176 Å². The van der Waals surface area contributed by atoms with E-state index in [0.717, 1.165) is 6.42 Å². The van der Waals surface area contributed by atoms with Crippen LogP contribution in [0, 0.1) is 0 Å². The highest BCUT2D eigenvalue weighted by Crippen LogP contribution is 2.27. The molecule has 0 aliphatic carbocycles. The summed E-state index contributed by atoms with van der Waals surface area (Å²) in [6.07, 6.45) is 0.949. The minimum atomic E-state index is -0.300. The van der Waals surface area contributed by atoms with Gasteiger partial charge in [-0.15, -0.1) is 0 Å². The van der Waals surface area contributed by atoms with Gasteiger partial charge in [-0.25, -0.2) is 0 Å². The van der Waals surface area contributed by atoms with Gasteiger partial charge in [-0.05, 0) is 56.2 Å². The smallest absolute Gasteiger partial charge is 0.262 e. The molecule has 0 fully saturated rings. The summed E-state index contributed by atoms with van der Waals surface area (Å²) in [5.74, 6) is 0.619. The van der Waals surface area contributed by atoms with E-state index in [1.807, 2.05) is 38.1 Å². The second-order valence-electron chi connectivity index (χ2n) is 6.33. The van der Waals surface area contributed by atoms with Gasteiger partial charge in [0, 0.05) is 18.8 Å². The van der Waals surface area contributed by atoms with E-state index in [0.29, 0.717) is 35.3 Å². The topological polar surface area (TPSA) is 67.9 Å². The number of likely N-dealkylation sites (N-methyl/N-ethyl adjacent to an activating group) is 1. The second-order valence-corrected chi connectivity index (χ2v) is 6.74. The summed E-state index contributed by atoms with van der Waals surface area (Å²) in [6, 6.07) is 12.5. The minimum absolute atomic E-state index is 0.0855. The predicted octanol–water partition coefficient (Wildman–Crippen LogP) is 4.17. The van der Waals surface area contributed by atoms with Crippen LogP contribution in [0.5, 0.6) is 11.5 Å². The Balaban J connectivity index is 1.85. The molecule has 0 aliphatic heterocycles. The van der Waals surface area contributed by atoms with E-state index in [4.69, 9.17) is 21.1 Å². The lowest BCUT2D eigenvalue weighted by molar-refractivity contribution is -0.133. The van der Waals surface area contributed by atoms with Crippen LogP contribution in [0.1, 0.15) is 26.3 Å². The third-order valence-electron chi connectivity index (χ3n) is 4.38. The van der Waals surface area contributed by atoms with Crippen LogP contribution >= 0.6 is 11.6 Å². The Kier molecular flexibility index (Phi) is 8.80. The third kappa shape index (κ3) is 6.98. The molecule has 0 radical (unpaired) electrons. The van der Waals surface area contributed by atoms with Gasteiger partial charge in [-0.1, -0.05) is 30.7 Å². The first-order chi connectivity index (χ1) is 14.0. The summed E-state index contributed by atoms with van der Waals surface area (Å²) >= 11 is 6.21. The normalized spacial score (nSPS) is 10.3. The number of halogens is 1. The number of aryl methyl sites for hydroxylation is 1. The van der Waals surface area contributed by atoms with Crippen molar-refractivity contribution >= 4 is 29.1 Å². The molecule has 1 N–H and O–H groups in total. The van der Waals surface area contributed by atoms with Gasteiger partial charge < -0.3 is 19.7 Å². The van der Waals surface area contributed by atoms with Crippen molar-refractivity contribution in [3.63, 3.8) is 0 Å². The number of amides is 2. The van der Waals surface area contributed by atoms with Crippen molar-refractivity contribution in [1.29, 1.82) is 0 Å². The first kappa shape index (κ1) is 22.6. The number of hydrogen-bond donors (Lipinski definition) is 1. The van der Waals surface area contributed by atoms with E-state index in [9.17, 15) is 9.59 Å². The largest absolute Gasteiger partial charge is 0.484 e. The number of rotatable bonds is 10. The number of ether oxygens (including phenoxy) is 2. The lowest BCUT2D eigenvalue weighted by atomic mass is 10.2. The molecule has 2 aromatic rings. The van der Waals surface area contributed by atoms with Gasteiger partial charge in [0.05, 0.1) is 5.02 Å². The number of nitrogens with one attached hydrogen (secondary N) is 1. The Bertz CT molecular complexity index is 820. The number of hydrogen-bond acceptors (Lipinski definition) is 4. The van der Waals surface area contributed by atoms with Gasteiger partial charge >= 0.3 is 0 Å². The number of benzene rings is 2. The third-order valence-corrected chi connectivity index (χ3v) is 4.68. The summed E-state index contributed by atoms with van der Waals surface area (Å²) in [5.41, 5.74) is 1.73. The van der Waals surface area contributed by atoms with Crippen LogP contribution in [-0.2, 0) is 16.0 Å². The molecule has 0 saturated carbocycles. The fourth-order valence-corrected chi connectivity index (χ4v) is 2.91. The van der Waals surface area contributed by atoms with E-state index in [1.54, 1.807) is 23.1 Å². The van der Waals surface area contributed by atoms with Crippen LogP contribution in [0.25, 0.3) is 0 Å². The quantitative estimate of drug-likeness (QED) is 0.628. The molecule has 156 valence electrons. The lowest BCUT2D eigenvalue weighted by Gasteiger charge is -2.19. The van der Waals surface area contributed by atoms with Gasteiger partial charge in [-0.2, -0.15) is 0 Å². The van der Waals surface area contributed by atoms with Crippen LogP contribution in [0.2, 0.25) is 5.02 Å². The van der Waals surface area contributed by atoms with Crippen molar-refractivity contribution < 1.29 is 19.1 Å². The molecule has 2 aromatic carbocycles. The standard InChI is InChI=1S/C22H27ClN2O4/c1-4-16-7-10-18(11-8-16)28-14-21(26)24-17-9-12-20(19(23)13-17)29-15-22(27)25(5-2)6-3/h7-13H,4-6,14-15H2,1-3H3,(H,24,26). The van der Waals surface area contributed by atoms with Gasteiger partial charge in [0.15, 0.2) is 13.2 Å². The van der Waals surface area contributed by atoms with Crippen molar-refractivity contribution in [2.75, 3.05) is 31.6 Å².